The minimum Gasteiger partial charge on any atom is -0.464 e. The van der Waals surface area contributed by atoms with Gasteiger partial charge in [0.25, 0.3) is 0 Å². The maximum atomic E-state index is 5.83. The molecule has 2 rings (SSSR count). The first-order valence-corrected chi connectivity index (χ1v) is 4.36. The lowest BCUT2D eigenvalue weighted by Gasteiger charge is -2.05. The molecule has 2 heteroatoms. The van der Waals surface area contributed by atoms with Crippen molar-refractivity contribution < 1.29 is 4.42 Å². The van der Waals surface area contributed by atoms with Crippen molar-refractivity contribution in [1.29, 1.82) is 0 Å². The molecule has 2 nitrogen and oxygen atoms in total. The first-order chi connectivity index (χ1) is 6.79. The van der Waals surface area contributed by atoms with Crippen molar-refractivity contribution in [3.05, 3.63) is 60.6 Å². The van der Waals surface area contributed by atoms with Crippen LogP contribution in [0.25, 0.3) is 5.57 Å². The van der Waals surface area contributed by atoms with Gasteiger partial charge in [-0.2, -0.15) is 0 Å². The molecular weight excluding hydrogens is 174 g/mol. The number of nitrogens with two attached hydrogens (primary N) is 1. The Labute approximate surface area is 82.7 Å². The second-order valence-corrected chi connectivity index (χ2v) is 3.04. The van der Waals surface area contributed by atoms with Gasteiger partial charge in [0, 0.05) is 16.8 Å². The number of benzene rings is 1. The molecule has 2 N–H and O–H groups in total. The Morgan fingerprint density at radius 3 is 2.57 bits per heavy atom. The first kappa shape index (κ1) is 8.63. The predicted octanol–water partition coefficient (Wildman–Crippen LogP) is 2.92. The number of hydrogen-bond acceptors (Lipinski definition) is 2. The summed E-state index contributed by atoms with van der Waals surface area (Å²) in [5.74, 6) is 0.753. The molecule has 0 amide bonds. The Morgan fingerprint density at radius 1 is 1.14 bits per heavy atom. The normalized spacial score (nSPS) is 10.0. The molecule has 0 aliphatic heterocycles. The molecule has 14 heavy (non-hydrogen) atoms. The van der Waals surface area contributed by atoms with E-state index in [2.05, 4.69) is 6.58 Å². The van der Waals surface area contributed by atoms with Crippen molar-refractivity contribution in [1.82, 2.24) is 0 Å². The maximum Gasteiger partial charge on any atom is 0.133 e. The van der Waals surface area contributed by atoms with Gasteiger partial charge in [0.15, 0.2) is 0 Å². The summed E-state index contributed by atoms with van der Waals surface area (Å²) in [6.45, 7) is 3.95. The van der Waals surface area contributed by atoms with Gasteiger partial charge in [-0.25, -0.2) is 0 Å². The minimum atomic E-state index is 0.717. The molecular formula is C12H11NO. The second-order valence-electron chi connectivity index (χ2n) is 3.04. The van der Waals surface area contributed by atoms with E-state index in [0.29, 0.717) is 5.69 Å². The standard InChI is InChI=1S/C12H11NO/c1-9(12-7-4-8-14-12)10-5-2-3-6-11(10)13/h2-8H,1,13H2. The highest BCUT2D eigenvalue weighted by atomic mass is 16.3. The molecule has 0 unspecified atom stereocenters. The minimum absolute atomic E-state index is 0.717. The van der Waals surface area contributed by atoms with Crippen LogP contribution in [0.4, 0.5) is 5.69 Å². The fourth-order valence-electron chi connectivity index (χ4n) is 1.35. The summed E-state index contributed by atoms with van der Waals surface area (Å²) < 4.78 is 5.25. The quantitative estimate of drug-likeness (QED) is 0.730. The second kappa shape index (κ2) is 3.42. The molecule has 0 aliphatic carbocycles. The Hall–Kier alpha value is -1.96. The van der Waals surface area contributed by atoms with Gasteiger partial charge >= 0.3 is 0 Å². The molecule has 0 saturated heterocycles. The van der Waals surface area contributed by atoms with E-state index in [0.717, 1.165) is 16.9 Å². The molecule has 0 radical (unpaired) electrons. The summed E-state index contributed by atoms with van der Waals surface area (Å²) in [6, 6.07) is 11.3. The predicted molar refractivity (Wildman–Crippen MR) is 57.7 cm³/mol. The van der Waals surface area contributed by atoms with Crippen molar-refractivity contribution in [2.24, 2.45) is 0 Å². The van der Waals surface area contributed by atoms with Gasteiger partial charge in [-0.3, -0.25) is 0 Å². The third-order valence-corrected chi connectivity index (χ3v) is 2.10. The number of hydrogen-bond donors (Lipinski definition) is 1. The summed E-state index contributed by atoms with van der Waals surface area (Å²) >= 11 is 0. The van der Waals surface area contributed by atoms with Gasteiger partial charge in [0.05, 0.1) is 6.26 Å². The van der Waals surface area contributed by atoms with Gasteiger partial charge in [0.2, 0.25) is 0 Å². The third-order valence-electron chi connectivity index (χ3n) is 2.10. The molecule has 1 aromatic heterocycles. The van der Waals surface area contributed by atoms with E-state index in [-0.39, 0.29) is 0 Å². The molecule has 0 bridgehead atoms. The van der Waals surface area contributed by atoms with E-state index in [1.54, 1.807) is 6.26 Å². The van der Waals surface area contributed by atoms with E-state index in [1.165, 1.54) is 0 Å². The number of anilines is 1. The number of furan rings is 1. The van der Waals surface area contributed by atoms with Crippen LogP contribution in [-0.2, 0) is 0 Å². The first-order valence-electron chi connectivity index (χ1n) is 4.36. The molecule has 0 fully saturated rings. The van der Waals surface area contributed by atoms with Gasteiger partial charge in [0.1, 0.15) is 5.76 Å². The average molecular weight is 185 g/mol. The molecule has 1 heterocycles. The number of para-hydroxylation sites is 1. The van der Waals surface area contributed by atoms with Crippen LogP contribution in [0.5, 0.6) is 0 Å². The fourth-order valence-corrected chi connectivity index (χ4v) is 1.35. The Bertz CT molecular complexity index is 443. The van der Waals surface area contributed by atoms with Crippen molar-refractivity contribution >= 4 is 11.3 Å². The van der Waals surface area contributed by atoms with Gasteiger partial charge in [-0.05, 0) is 18.2 Å². The number of nitrogen functional groups attached to an aromatic ring is 1. The lowest BCUT2D eigenvalue weighted by Crippen LogP contribution is -1.92. The van der Waals surface area contributed by atoms with Crippen molar-refractivity contribution in [3.8, 4) is 0 Å². The Morgan fingerprint density at radius 2 is 1.93 bits per heavy atom. The SMILES string of the molecule is C=C(c1ccco1)c1ccccc1N. The van der Waals surface area contributed by atoms with E-state index in [9.17, 15) is 0 Å². The van der Waals surface area contributed by atoms with Crippen molar-refractivity contribution in [2.45, 2.75) is 0 Å². The molecule has 1 aromatic carbocycles. The highest BCUT2D eigenvalue weighted by molar-refractivity contribution is 5.81. The van der Waals surface area contributed by atoms with E-state index in [1.807, 2.05) is 36.4 Å². The van der Waals surface area contributed by atoms with Crippen LogP contribution in [0.15, 0.2) is 53.7 Å². The summed E-state index contributed by atoms with van der Waals surface area (Å²) in [6.07, 6.45) is 1.62. The van der Waals surface area contributed by atoms with Crippen molar-refractivity contribution in [2.75, 3.05) is 5.73 Å². The molecule has 0 aliphatic rings. The monoisotopic (exact) mass is 185 g/mol. The van der Waals surface area contributed by atoms with Crippen LogP contribution >= 0.6 is 0 Å². The average Bonchev–Trinajstić information content (AvgIpc) is 2.70. The van der Waals surface area contributed by atoms with Crippen LogP contribution in [0.2, 0.25) is 0 Å². The molecule has 0 saturated carbocycles. The van der Waals surface area contributed by atoms with Crippen LogP contribution in [0, 0.1) is 0 Å². The van der Waals surface area contributed by atoms with Crippen LogP contribution in [-0.4, -0.2) is 0 Å². The zero-order valence-corrected chi connectivity index (χ0v) is 7.73. The van der Waals surface area contributed by atoms with E-state index >= 15 is 0 Å². The lowest BCUT2D eigenvalue weighted by molar-refractivity contribution is 0.554. The van der Waals surface area contributed by atoms with Gasteiger partial charge in [-0.1, -0.05) is 24.8 Å². The van der Waals surface area contributed by atoms with E-state index in [4.69, 9.17) is 10.2 Å². The van der Waals surface area contributed by atoms with Gasteiger partial charge < -0.3 is 10.2 Å². The summed E-state index contributed by atoms with van der Waals surface area (Å²) in [5, 5.41) is 0. The van der Waals surface area contributed by atoms with Crippen LogP contribution in [0.3, 0.4) is 0 Å². The summed E-state index contributed by atoms with van der Waals surface area (Å²) in [5.41, 5.74) is 8.27. The summed E-state index contributed by atoms with van der Waals surface area (Å²) in [7, 11) is 0. The van der Waals surface area contributed by atoms with Crippen LogP contribution in [0.1, 0.15) is 11.3 Å². The molecule has 0 atom stereocenters. The van der Waals surface area contributed by atoms with Crippen LogP contribution < -0.4 is 5.73 Å². The maximum absolute atomic E-state index is 5.83. The van der Waals surface area contributed by atoms with Gasteiger partial charge in [-0.15, -0.1) is 0 Å². The van der Waals surface area contributed by atoms with E-state index < -0.39 is 0 Å². The zero-order chi connectivity index (χ0) is 9.97. The zero-order valence-electron chi connectivity index (χ0n) is 7.73. The molecule has 0 spiro atoms. The Kier molecular flexibility index (Phi) is 2.11. The highest BCUT2D eigenvalue weighted by Crippen LogP contribution is 2.25. The van der Waals surface area contributed by atoms with Crippen molar-refractivity contribution in [3.63, 3.8) is 0 Å². The summed E-state index contributed by atoms with van der Waals surface area (Å²) in [4.78, 5) is 0. The highest BCUT2D eigenvalue weighted by Gasteiger charge is 2.06. The Balaban J connectivity index is 2.42. The topological polar surface area (TPSA) is 39.2 Å². The molecule has 70 valence electrons. The number of rotatable bonds is 2. The lowest BCUT2D eigenvalue weighted by atomic mass is 10.0. The third kappa shape index (κ3) is 1.42. The molecule has 2 aromatic rings. The fraction of sp³-hybridized carbons (Fsp3) is 0. The largest absolute Gasteiger partial charge is 0.464 e. The smallest absolute Gasteiger partial charge is 0.133 e.